The van der Waals surface area contributed by atoms with Crippen LogP contribution in [0.5, 0.6) is 5.75 Å². The molecule has 0 fully saturated rings. The summed E-state index contributed by atoms with van der Waals surface area (Å²) in [5, 5.41) is 12.5. The molecule has 0 heterocycles. The number of aromatic hydroxyl groups is 1. The number of aryl methyl sites for hydroxylation is 1. The number of benzene rings is 1. The van der Waals surface area contributed by atoms with Gasteiger partial charge in [0, 0.05) is 6.54 Å². The van der Waals surface area contributed by atoms with Crippen molar-refractivity contribution in [3.8, 4) is 5.75 Å². The monoisotopic (exact) mass is 236 g/mol. The molecule has 0 radical (unpaired) electrons. The van der Waals surface area contributed by atoms with Gasteiger partial charge in [0.15, 0.2) is 0 Å². The number of carbonyl (C=O) groups excluding carboxylic acids is 1. The van der Waals surface area contributed by atoms with Crippen LogP contribution >= 0.6 is 0 Å². The molecular weight excluding hydrogens is 216 g/mol. The second-order valence-electron chi connectivity index (χ2n) is 5.02. The lowest BCUT2D eigenvalue weighted by Crippen LogP contribution is -2.38. The fourth-order valence-corrected chi connectivity index (χ4v) is 1.33. The van der Waals surface area contributed by atoms with Gasteiger partial charge >= 0.3 is 0 Å². The Balaban J connectivity index is 2.74. The highest BCUT2D eigenvalue weighted by atomic mass is 16.3. The molecule has 0 bridgehead atoms. The van der Waals surface area contributed by atoms with Gasteiger partial charge < -0.3 is 16.2 Å². The Morgan fingerprint density at radius 3 is 2.71 bits per heavy atom. The van der Waals surface area contributed by atoms with Crippen molar-refractivity contribution >= 4 is 5.91 Å². The number of hydrogen-bond acceptors (Lipinski definition) is 3. The summed E-state index contributed by atoms with van der Waals surface area (Å²) in [6, 6.07) is 5.11. The predicted molar refractivity (Wildman–Crippen MR) is 68.0 cm³/mol. The maximum absolute atomic E-state index is 11.9. The molecule has 0 aliphatic heterocycles. The van der Waals surface area contributed by atoms with Crippen molar-refractivity contribution in [3.63, 3.8) is 0 Å². The van der Waals surface area contributed by atoms with E-state index in [-0.39, 0.29) is 17.1 Å². The van der Waals surface area contributed by atoms with Gasteiger partial charge in [-0.15, -0.1) is 0 Å². The minimum absolute atomic E-state index is 0.0376. The minimum atomic E-state index is -0.271. The normalized spacial score (nSPS) is 11.3. The number of nitrogens with one attached hydrogen (secondary N) is 1. The van der Waals surface area contributed by atoms with Crippen molar-refractivity contribution in [2.75, 3.05) is 13.1 Å². The Morgan fingerprint density at radius 1 is 1.47 bits per heavy atom. The Bertz CT molecular complexity index is 414. The van der Waals surface area contributed by atoms with Crippen molar-refractivity contribution < 1.29 is 9.90 Å². The third kappa shape index (κ3) is 3.46. The lowest BCUT2D eigenvalue weighted by molar-refractivity contribution is 0.0935. The third-order valence-electron chi connectivity index (χ3n) is 2.76. The highest BCUT2D eigenvalue weighted by molar-refractivity contribution is 5.97. The van der Waals surface area contributed by atoms with Crippen molar-refractivity contribution in [1.82, 2.24) is 5.32 Å². The number of para-hydroxylation sites is 1. The fourth-order valence-electron chi connectivity index (χ4n) is 1.33. The van der Waals surface area contributed by atoms with Gasteiger partial charge in [-0.25, -0.2) is 0 Å². The summed E-state index contributed by atoms with van der Waals surface area (Å²) >= 11 is 0. The first-order valence-electron chi connectivity index (χ1n) is 5.64. The van der Waals surface area contributed by atoms with Crippen LogP contribution in [0.15, 0.2) is 18.2 Å². The molecule has 0 aromatic heterocycles. The van der Waals surface area contributed by atoms with Crippen LogP contribution in [0.4, 0.5) is 0 Å². The van der Waals surface area contributed by atoms with E-state index in [0.29, 0.717) is 24.2 Å². The Morgan fingerprint density at radius 2 is 2.12 bits per heavy atom. The first-order chi connectivity index (χ1) is 7.87. The summed E-state index contributed by atoms with van der Waals surface area (Å²) in [6.07, 6.45) is 0. The fraction of sp³-hybridized carbons (Fsp3) is 0.462. The van der Waals surface area contributed by atoms with E-state index in [0.717, 1.165) is 0 Å². The number of carbonyl (C=O) groups is 1. The van der Waals surface area contributed by atoms with Crippen molar-refractivity contribution in [2.24, 2.45) is 11.1 Å². The molecule has 0 aliphatic carbocycles. The number of hydrogen-bond donors (Lipinski definition) is 3. The molecule has 4 nitrogen and oxygen atoms in total. The van der Waals surface area contributed by atoms with Crippen LogP contribution in [0, 0.1) is 12.3 Å². The molecule has 0 spiro atoms. The second-order valence-corrected chi connectivity index (χ2v) is 5.02. The maximum Gasteiger partial charge on any atom is 0.255 e. The van der Waals surface area contributed by atoms with E-state index in [2.05, 4.69) is 5.32 Å². The summed E-state index contributed by atoms with van der Waals surface area (Å²) in [7, 11) is 0. The second kappa shape index (κ2) is 5.19. The van der Waals surface area contributed by atoms with Gasteiger partial charge in [0.1, 0.15) is 5.75 Å². The van der Waals surface area contributed by atoms with Gasteiger partial charge in [-0.3, -0.25) is 4.79 Å². The van der Waals surface area contributed by atoms with Crippen molar-refractivity contribution in [1.29, 1.82) is 0 Å². The largest absolute Gasteiger partial charge is 0.507 e. The van der Waals surface area contributed by atoms with Gasteiger partial charge in [-0.1, -0.05) is 26.0 Å². The summed E-state index contributed by atoms with van der Waals surface area (Å²) in [5.41, 5.74) is 6.43. The maximum atomic E-state index is 11.9. The van der Waals surface area contributed by atoms with E-state index in [4.69, 9.17) is 5.73 Å². The summed E-state index contributed by atoms with van der Waals surface area (Å²) in [5.74, 6) is -0.233. The van der Waals surface area contributed by atoms with Crippen LogP contribution in [-0.2, 0) is 0 Å². The number of amides is 1. The number of nitrogens with two attached hydrogens (primary N) is 1. The van der Waals surface area contributed by atoms with E-state index < -0.39 is 0 Å². The molecule has 94 valence electrons. The average Bonchev–Trinajstić information content (AvgIpc) is 2.30. The van der Waals surface area contributed by atoms with E-state index in [9.17, 15) is 9.90 Å². The molecule has 1 aromatic rings. The van der Waals surface area contributed by atoms with Crippen LogP contribution in [0.3, 0.4) is 0 Å². The molecule has 17 heavy (non-hydrogen) atoms. The highest BCUT2D eigenvalue weighted by Gasteiger charge is 2.18. The summed E-state index contributed by atoms with van der Waals surface area (Å²) < 4.78 is 0. The van der Waals surface area contributed by atoms with Crippen molar-refractivity contribution in [3.05, 3.63) is 29.3 Å². The summed E-state index contributed by atoms with van der Waals surface area (Å²) in [4.78, 5) is 11.9. The SMILES string of the molecule is Cc1cccc(C(=O)NCC(C)(C)CN)c1O. The van der Waals surface area contributed by atoms with E-state index in [1.807, 2.05) is 13.8 Å². The Hall–Kier alpha value is -1.55. The highest BCUT2D eigenvalue weighted by Crippen LogP contribution is 2.21. The number of phenols is 1. The van der Waals surface area contributed by atoms with Crippen LogP contribution in [0.2, 0.25) is 0 Å². The quantitative estimate of drug-likeness (QED) is 0.740. The van der Waals surface area contributed by atoms with Crippen molar-refractivity contribution in [2.45, 2.75) is 20.8 Å². The van der Waals surface area contributed by atoms with Gasteiger partial charge in [0.2, 0.25) is 0 Å². The molecule has 4 N–H and O–H groups in total. The molecule has 4 heteroatoms. The zero-order valence-corrected chi connectivity index (χ0v) is 10.6. The molecule has 0 atom stereocenters. The van der Waals surface area contributed by atoms with Crippen LogP contribution < -0.4 is 11.1 Å². The molecule has 0 aliphatic rings. The molecule has 1 amide bonds. The molecule has 1 aromatic carbocycles. The van der Waals surface area contributed by atoms with E-state index in [1.54, 1.807) is 25.1 Å². The van der Waals surface area contributed by atoms with Crippen LogP contribution in [-0.4, -0.2) is 24.1 Å². The lowest BCUT2D eigenvalue weighted by atomic mass is 9.94. The predicted octanol–water partition coefficient (Wildman–Crippen LogP) is 1.42. The molecule has 0 saturated heterocycles. The smallest absolute Gasteiger partial charge is 0.255 e. The lowest BCUT2D eigenvalue weighted by Gasteiger charge is -2.22. The average molecular weight is 236 g/mol. The zero-order valence-electron chi connectivity index (χ0n) is 10.6. The van der Waals surface area contributed by atoms with E-state index >= 15 is 0 Å². The van der Waals surface area contributed by atoms with Crippen LogP contribution in [0.25, 0.3) is 0 Å². The van der Waals surface area contributed by atoms with Gasteiger partial charge in [-0.05, 0) is 30.5 Å². The van der Waals surface area contributed by atoms with Gasteiger partial charge in [-0.2, -0.15) is 0 Å². The first kappa shape index (κ1) is 13.5. The molecular formula is C13H20N2O2. The van der Waals surface area contributed by atoms with Gasteiger partial charge in [0.25, 0.3) is 5.91 Å². The Labute approximate surface area is 102 Å². The molecule has 0 saturated carbocycles. The molecule has 0 unspecified atom stereocenters. The first-order valence-corrected chi connectivity index (χ1v) is 5.64. The summed E-state index contributed by atoms with van der Waals surface area (Å²) in [6.45, 7) is 6.69. The molecule has 1 rings (SSSR count). The Kier molecular flexibility index (Phi) is 4.12. The number of phenolic OH excluding ortho intramolecular Hbond substituents is 1. The number of rotatable bonds is 4. The standard InChI is InChI=1S/C13H20N2O2/c1-9-5-4-6-10(11(9)16)12(17)15-8-13(2,3)7-14/h4-6,16H,7-8,14H2,1-3H3,(H,15,17). The van der Waals surface area contributed by atoms with Crippen LogP contribution in [0.1, 0.15) is 29.8 Å². The van der Waals surface area contributed by atoms with E-state index in [1.165, 1.54) is 0 Å². The van der Waals surface area contributed by atoms with Gasteiger partial charge in [0.05, 0.1) is 5.56 Å². The zero-order chi connectivity index (χ0) is 13.1. The topological polar surface area (TPSA) is 75.4 Å². The third-order valence-corrected chi connectivity index (χ3v) is 2.76. The minimum Gasteiger partial charge on any atom is -0.507 e.